The number of nitrogens with two attached hydrogens (primary N) is 1. The summed E-state index contributed by atoms with van der Waals surface area (Å²) in [6, 6.07) is 15.9. The Bertz CT molecular complexity index is 1960. The Kier molecular flexibility index (Phi) is 7.59. The van der Waals surface area contributed by atoms with Gasteiger partial charge in [-0.25, -0.2) is 9.97 Å². The number of carbonyl (C=O) groups is 2. The van der Waals surface area contributed by atoms with Crippen LogP contribution in [0.15, 0.2) is 78.1 Å². The Morgan fingerprint density at radius 3 is 2.79 bits per heavy atom. The second kappa shape index (κ2) is 11.8. The highest BCUT2D eigenvalue weighted by molar-refractivity contribution is 6.04. The molecule has 0 aliphatic carbocycles. The van der Waals surface area contributed by atoms with E-state index in [1.165, 1.54) is 6.33 Å². The van der Waals surface area contributed by atoms with Crippen molar-refractivity contribution < 1.29 is 14.3 Å². The maximum Gasteiger partial charge on any atom is 0.264 e. The average Bonchev–Trinajstić information content (AvgIpc) is 3.72. The molecule has 4 heterocycles. The lowest BCUT2D eigenvalue weighted by molar-refractivity contribution is -0.129. The first-order valence-corrected chi connectivity index (χ1v) is 13.9. The molecule has 2 aromatic carbocycles. The molecule has 11 heteroatoms. The third kappa shape index (κ3) is 5.43. The minimum absolute atomic E-state index is 0.0533. The minimum atomic E-state index is -0.609. The van der Waals surface area contributed by atoms with E-state index >= 15 is 0 Å². The minimum Gasteiger partial charge on any atom is -0.383 e. The number of nitrogen functional groups attached to an aromatic ring is 1. The van der Waals surface area contributed by atoms with Crippen molar-refractivity contribution in [3.63, 3.8) is 0 Å². The monoisotopic (exact) mass is 575 g/mol. The molecule has 1 saturated heterocycles. The molecular formula is C32H29N7O4. The summed E-state index contributed by atoms with van der Waals surface area (Å²) in [6.07, 6.45) is 5.86. The summed E-state index contributed by atoms with van der Waals surface area (Å²) in [5.74, 6) is 5.43. The van der Waals surface area contributed by atoms with E-state index in [4.69, 9.17) is 10.5 Å². The van der Waals surface area contributed by atoms with Gasteiger partial charge < -0.3 is 21.1 Å². The van der Waals surface area contributed by atoms with Crippen molar-refractivity contribution in [1.29, 1.82) is 0 Å². The molecule has 1 aliphatic rings. The summed E-state index contributed by atoms with van der Waals surface area (Å²) in [5.41, 5.74) is 8.05. The number of rotatable bonds is 6. The number of pyridine rings is 1. The number of anilines is 1. The van der Waals surface area contributed by atoms with Gasteiger partial charge in [0.15, 0.2) is 5.65 Å². The summed E-state index contributed by atoms with van der Waals surface area (Å²) in [6.45, 7) is 2.52. The van der Waals surface area contributed by atoms with Crippen LogP contribution in [-0.2, 0) is 9.53 Å². The second-order valence-corrected chi connectivity index (χ2v) is 10.2. The number of hydrogen-bond donors (Lipinski definition) is 3. The molecule has 1 aliphatic heterocycles. The quantitative estimate of drug-likeness (QED) is 0.264. The average molecular weight is 576 g/mol. The lowest BCUT2D eigenvalue weighted by Crippen LogP contribution is -2.34. The van der Waals surface area contributed by atoms with Crippen LogP contribution in [0.2, 0.25) is 0 Å². The summed E-state index contributed by atoms with van der Waals surface area (Å²) >= 11 is 0. The predicted octanol–water partition coefficient (Wildman–Crippen LogP) is 2.75. The highest BCUT2D eigenvalue weighted by Crippen LogP contribution is 2.24. The number of para-hydroxylation sites is 1. The number of imidazole rings is 1. The van der Waals surface area contributed by atoms with Crippen LogP contribution >= 0.6 is 0 Å². The van der Waals surface area contributed by atoms with Gasteiger partial charge in [-0.15, -0.1) is 0 Å². The van der Waals surface area contributed by atoms with E-state index in [0.29, 0.717) is 46.4 Å². The Hall–Kier alpha value is -5.47. The number of nitrogens with one attached hydrogen (secondary N) is 2. The van der Waals surface area contributed by atoms with Gasteiger partial charge in [-0.05, 0) is 49.4 Å². The third-order valence-electron chi connectivity index (χ3n) is 7.37. The molecule has 3 aromatic heterocycles. The fourth-order valence-electron chi connectivity index (χ4n) is 5.28. The van der Waals surface area contributed by atoms with Crippen LogP contribution in [0, 0.1) is 11.8 Å². The molecule has 43 heavy (non-hydrogen) atoms. The van der Waals surface area contributed by atoms with E-state index in [1.807, 2.05) is 48.5 Å². The van der Waals surface area contributed by atoms with E-state index in [9.17, 15) is 14.4 Å². The van der Waals surface area contributed by atoms with E-state index in [0.717, 1.165) is 6.42 Å². The third-order valence-corrected chi connectivity index (χ3v) is 7.37. The zero-order valence-electron chi connectivity index (χ0n) is 23.4. The highest BCUT2D eigenvalue weighted by atomic mass is 16.5. The molecule has 216 valence electrons. The first-order valence-electron chi connectivity index (χ1n) is 13.9. The number of benzene rings is 2. The normalized spacial score (nSPS) is 15.1. The maximum atomic E-state index is 14.2. The summed E-state index contributed by atoms with van der Waals surface area (Å²) in [7, 11) is 0. The standard InChI is InChI=1S/C32H29N7O4/c1-20(37-31(41)27-28(33)36-19-38-16-15-34-29(27)38)24-18-22-9-5-8-21(10-6-14-35-30(40)25-13-7-17-43-25)26(22)32(42)39(24)23-11-3-2-4-12-23/h2-5,8-9,11-12,15-16,18-20,25H,7,13-14,17,33H2,1H3,(H,35,40)(H,37,41). The molecule has 2 atom stereocenters. The van der Waals surface area contributed by atoms with Gasteiger partial charge in [0, 0.05) is 35.9 Å². The van der Waals surface area contributed by atoms with Gasteiger partial charge in [0.2, 0.25) is 5.91 Å². The van der Waals surface area contributed by atoms with Crippen LogP contribution in [-0.4, -0.2) is 50.0 Å². The first kappa shape index (κ1) is 27.7. The Morgan fingerprint density at radius 2 is 2.00 bits per heavy atom. The Labute approximate surface area is 246 Å². The first-order chi connectivity index (χ1) is 20.9. The SMILES string of the molecule is CC(NC(=O)c1c(N)ncn2ccnc12)c1cc2cccc(C#CCNC(=O)C3CCCO3)c2c(=O)n1-c1ccccc1. The number of aromatic nitrogens is 4. The van der Waals surface area contributed by atoms with Gasteiger partial charge in [0.25, 0.3) is 11.5 Å². The van der Waals surface area contributed by atoms with Gasteiger partial charge in [-0.2, -0.15) is 0 Å². The molecule has 4 N–H and O–H groups in total. The number of nitrogens with zero attached hydrogens (tertiary/aromatic N) is 4. The van der Waals surface area contributed by atoms with Gasteiger partial charge in [0.05, 0.1) is 18.0 Å². The molecule has 2 unspecified atom stereocenters. The molecule has 6 rings (SSSR count). The van der Waals surface area contributed by atoms with Crippen LogP contribution in [0.3, 0.4) is 0 Å². The number of hydrogen-bond acceptors (Lipinski definition) is 7. The van der Waals surface area contributed by atoms with Crippen molar-refractivity contribution in [2.75, 3.05) is 18.9 Å². The number of carbonyl (C=O) groups excluding carboxylic acids is 2. The van der Waals surface area contributed by atoms with Gasteiger partial charge in [-0.3, -0.25) is 23.4 Å². The van der Waals surface area contributed by atoms with Crippen molar-refractivity contribution in [3.05, 3.63) is 100 Å². The van der Waals surface area contributed by atoms with Crippen LogP contribution in [0.25, 0.3) is 22.1 Å². The Balaban J connectivity index is 1.37. The lowest BCUT2D eigenvalue weighted by Gasteiger charge is -2.21. The number of fused-ring (bicyclic) bond motifs is 2. The fourth-order valence-corrected chi connectivity index (χ4v) is 5.28. The number of ether oxygens (including phenoxy) is 1. The zero-order valence-corrected chi connectivity index (χ0v) is 23.4. The summed E-state index contributed by atoms with van der Waals surface area (Å²) in [4.78, 5) is 48.3. The molecule has 0 bridgehead atoms. The van der Waals surface area contributed by atoms with Crippen molar-refractivity contribution >= 4 is 34.1 Å². The predicted molar refractivity (Wildman–Crippen MR) is 162 cm³/mol. The molecule has 0 saturated carbocycles. The molecular weight excluding hydrogens is 546 g/mol. The molecule has 1 fully saturated rings. The van der Waals surface area contributed by atoms with Crippen LogP contribution in [0.1, 0.15) is 47.4 Å². The van der Waals surface area contributed by atoms with Crippen LogP contribution in [0.5, 0.6) is 0 Å². The maximum absolute atomic E-state index is 14.2. The van der Waals surface area contributed by atoms with Gasteiger partial charge >= 0.3 is 0 Å². The highest BCUT2D eigenvalue weighted by Gasteiger charge is 2.24. The summed E-state index contributed by atoms with van der Waals surface area (Å²) in [5, 5.41) is 6.86. The molecule has 0 radical (unpaired) electrons. The second-order valence-electron chi connectivity index (χ2n) is 10.2. The van der Waals surface area contributed by atoms with Crippen LogP contribution in [0.4, 0.5) is 5.82 Å². The van der Waals surface area contributed by atoms with Gasteiger partial charge in [-0.1, -0.05) is 42.2 Å². The number of amides is 2. The van der Waals surface area contributed by atoms with E-state index in [2.05, 4.69) is 32.4 Å². The topological polar surface area (TPSA) is 146 Å². The van der Waals surface area contributed by atoms with Crippen molar-refractivity contribution in [2.45, 2.75) is 31.9 Å². The summed E-state index contributed by atoms with van der Waals surface area (Å²) < 4.78 is 8.61. The zero-order chi connectivity index (χ0) is 29.9. The molecule has 11 nitrogen and oxygen atoms in total. The molecule has 5 aromatic rings. The largest absolute Gasteiger partial charge is 0.383 e. The molecule has 2 amide bonds. The van der Waals surface area contributed by atoms with Crippen LogP contribution < -0.4 is 21.9 Å². The van der Waals surface area contributed by atoms with Gasteiger partial charge in [0.1, 0.15) is 23.8 Å². The lowest BCUT2D eigenvalue weighted by atomic mass is 10.0. The van der Waals surface area contributed by atoms with E-state index < -0.39 is 18.1 Å². The molecule has 0 spiro atoms. The Morgan fingerprint density at radius 1 is 1.16 bits per heavy atom. The van der Waals surface area contributed by atoms with E-state index in [1.54, 1.807) is 34.4 Å². The van der Waals surface area contributed by atoms with Crippen molar-refractivity contribution in [3.8, 4) is 17.5 Å². The van der Waals surface area contributed by atoms with E-state index in [-0.39, 0.29) is 29.4 Å². The smallest absolute Gasteiger partial charge is 0.264 e. The van der Waals surface area contributed by atoms with Crippen molar-refractivity contribution in [1.82, 2.24) is 29.6 Å². The van der Waals surface area contributed by atoms with Crippen molar-refractivity contribution in [2.24, 2.45) is 0 Å². The fraction of sp³-hybridized carbons (Fsp3) is 0.219.